The summed E-state index contributed by atoms with van der Waals surface area (Å²) >= 11 is 0. The lowest BCUT2D eigenvalue weighted by molar-refractivity contribution is -0.129. The molecule has 0 atom stereocenters. The van der Waals surface area contributed by atoms with E-state index in [4.69, 9.17) is 0 Å². The molecule has 1 heterocycles. The van der Waals surface area contributed by atoms with Crippen LogP contribution in [0.15, 0.2) is 18.7 Å². The summed E-state index contributed by atoms with van der Waals surface area (Å²) < 4.78 is 1.35. The first-order valence-corrected chi connectivity index (χ1v) is 5.03. The lowest BCUT2D eigenvalue weighted by Crippen LogP contribution is -2.41. The van der Waals surface area contributed by atoms with E-state index in [-0.39, 0.29) is 18.5 Å². The number of likely N-dealkylation sites (N-methyl/N-ethyl adjacent to an activating group) is 2. The molecule has 16 heavy (non-hydrogen) atoms. The fourth-order valence-electron chi connectivity index (χ4n) is 1.15. The van der Waals surface area contributed by atoms with E-state index in [1.54, 1.807) is 20.3 Å². The normalized spacial score (nSPS) is 9.94. The van der Waals surface area contributed by atoms with Crippen LogP contribution in [0.2, 0.25) is 0 Å². The van der Waals surface area contributed by atoms with Crippen molar-refractivity contribution < 1.29 is 9.59 Å². The van der Waals surface area contributed by atoms with Crippen molar-refractivity contribution in [2.45, 2.75) is 6.92 Å². The number of carbonyl (C=O) groups is 2. The number of nitrogens with zero attached hydrogens (tertiary/aromatic N) is 4. The van der Waals surface area contributed by atoms with Gasteiger partial charge in [0.2, 0.25) is 5.91 Å². The molecule has 0 aromatic carbocycles. The van der Waals surface area contributed by atoms with Crippen molar-refractivity contribution in [3.63, 3.8) is 0 Å². The van der Waals surface area contributed by atoms with Crippen LogP contribution in [0.25, 0.3) is 0 Å². The van der Waals surface area contributed by atoms with Gasteiger partial charge in [0.15, 0.2) is 0 Å². The highest BCUT2D eigenvalue weighted by molar-refractivity contribution is 5.84. The van der Waals surface area contributed by atoms with Gasteiger partial charge in [0.05, 0.1) is 0 Å². The van der Waals surface area contributed by atoms with Crippen LogP contribution in [-0.4, -0.2) is 58.5 Å². The summed E-state index contributed by atoms with van der Waals surface area (Å²) in [6.45, 7) is 2.40. The average molecular weight is 224 g/mol. The minimum atomic E-state index is -0.241. The third kappa shape index (κ3) is 2.82. The zero-order valence-electron chi connectivity index (χ0n) is 9.75. The highest BCUT2D eigenvalue weighted by Gasteiger charge is 2.17. The quantitative estimate of drug-likeness (QED) is 0.740. The van der Waals surface area contributed by atoms with Gasteiger partial charge >= 0.3 is 6.03 Å². The topological polar surface area (TPSA) is 58.4 Å². The van der Waals surface area contributed by atoms with E-state index in [2.05, 4.69) is 4.98 Å². The second kappa shape index (κ2) is 5.29. The van der Waals surface area contributed by atoms with Crippen LogP contribution in [0.5, 0.6) is 0 Å². The fourth-order valence-corrected chi connectivity index (χ4v) is 1.15. The lowest BCUT2D eigenvalue weighted by Gasteiger charge is -2.22. The Kier molecular flexibility index (Phi) is 4.04. The Labute approximate surface area is 94.5 Å². The van der Waals surface area contributed by atoms with E-state index >= 15 is 0 Å². The van der Waals surface area contributed by atoms with Crippen LogP contribution in [-0.2, 0) is 4.79 Å². The SMILES string of the molecule is CCN(CC(=O)N(C)C)C(=O)n1ccnc1. The molecule has 2 amide bonds. The summed E-state index contributed by atoms with van der Waals surface area (Å²) in [5.41, 5.74) is 0. The number of aromatic nitrogens is 2. The van der Waals surface area contributed by atoms with Crippen LogP contribution < -0.4 is 0 Å². The highest BCUT2D eigenvalue weighted by atomic mass is 16.2. The molecule has 0 aliphatic rings. The van der Waals surface area contributed by atoms with Gasteiger partial charge in [-0.05, 0) is 6.92 Å². The van der Waals surface area contributed by atoms with Gasteiger partial charge < -0.3 is 9.80 Å². The maximum Gasteiger partial charge on any atom is 0.329 e. The third-order valence-electron chi connectivity index (χ3n) is 2.20. The Morgan fingerprint density at radius 3 is 2.50 bits per heavy atom. The van der Waals surface area contributed by atoms with Crippen LogP contribution in [0.1, 0.15) is 6.92 Å². The minimum absolute atomic E-state index is 0.0838. The molecule has 0 spiro atoms. The summed E-state index contributed by atoms with van der Waals surface area (Å²) in [7, 11) is 3.33. The van der Waals surface area contributed by atoms with Crippen molar-refractivity contribution in [2.24, 2.45) is 0 Å². The van der Waals surface area contributed by atoms with Gasteiger partial charge in [-0.25, -0.2) is 9.78 Å². The summed E-state index contributed by atoms with van der Waals surface area (Å²) in [5.74, 6) is -0.102. The van der Waals surface area contributed by atoms with Gasteiger partial charge in [-0.2, -0.15) is 0 Å². The van der Waals surface area contributed by atoms with E-state index in [1.165, 1.54) is 26.9 Å². The standard InChI is InChI=1S/C10H16N4O2/c1-4-13(7-9(15)12(2)3)10(16)14-6-5-11-8-14/h5-6,8H,4,7H2,1-3H3. The number of hydrogen-bond donors (Lipinski definition) is 0. The highest BCUT2D eigenvalue weighted by Crippen LogP contribution is 1.97. The summed E-state index contributed by atoms with van der Waals surface area (Å²) in [6.07, 6.45) is 4.51. The van der Waals surface area contributed by atoms with Crippen molar-refractivity contribution >= 4 is 11.9 Å². The zero-order chi connectivity index (χ0) is 12.1. The van der Waals surface area contributed by atoms with E-state index in [1.807, 2.05) is 6.92 Å². The average Bonchev–Trinajstić information content (AvgIpc) is 2.77. The number of imidazole rings is 1. The molecule has 0 saturated heterocycles. The molecule has 1 aromatic rings. The minimum Gasteiger partial charge on any atom is -0.347 e. The van der Waals surface area contributed by atoms with Crippen LogP contribution in [0.3, 0.4) is 0 Å². The lowest BCUT2D eigenvalue weighted by atomic mass is 10.4. The van der Waals surface area contributed by atoms with Crippen molar-refractivity contribution in [1.82, 2.24) is 19.4 Å². The molecule has 1 rings (SSSR count). The third-order valence-corrected chi connectivity index (χ3v) is 2.20. The van der Waals surface area contributed by atoms with Crippen molar-refractivity contribution in [1.29, 1.82) is 0 Å². The molecule has 0 fully saturated rings. The fraction of sp³-hybridized carbons (Fsp3) is 0.500. The van der Waals surface area contributed by atoms with Crippen LogP contribution >= 0.6 is 0 Å². The maximum atomic E-state index is 11.9. The molecule has 6 nitrogen and oxygen atoms in total. The number of rotatable bonds is 3. The van der Waals surface area contributed by atoms with E-state index in [9.17, 15) is 9.59 Å². The molecule has 0 N–H and O–H groups in total. The Morgan fingerprint density at radius 2 is 2.06 bits per heavy atom. The predicted molar refractivity (Wildman–Crippen MR) is 59.0 cm³/mol. The van der Waals surface area contributed by atoms with E-state index in [0.717, 1.165) is 0 Å². The van der Waals surface area contributed by atoms with Gasteiger partial charge in [-0.3, -0.25) is 9.36 Å². The first-order chi connectivity index (χ1) is 7.56. The van der Waals surface area contributed by atoms with E-state index < -0.39 is 0 Å². The smallest absolute Gasteiger partial charge is 0.329 e. The van der Waals surface area contributed by atoms with Gasteiger partial charge in [0.25, 0.3) is 0 Å². The molecule has 0 saturated carbocycles. The molecule has 0 unspecified atom stereocenters. The molecule has 1 aromatic heterocycles. The Bertz CT molecular complexity index is 359. The molecule has 0 radical (unpaired) electrons. The Morgan fingerprint density at radius 1 is 1.38 bits per heavy atom. The van der Waals surface area contributed by atoms with E-state index in [0.29, 0.717) is 6.54 Å². The zero-order valence-corrected chi connectivity index (χ0v) is 9.75. The van der Waals surface area contributed by atoms with Crippen molar-refractivity contribution in [3.8, 4) is 0 Å². The molecule has 88 valence electrons. The van der Waals surface area contributed by atoms with Crippen molar-refractivity contribution in [3.05, 3.63) is 18.7 Å². The van der Waals surface area contributed by atoms with Gasteiger partial charge in [0.1, 0.15) is 12.9 Å². The summed E-state index contributed by atoms with van der Waals surface area (Å²) in [4.78, 5) is 30.1. The molecular formula is C10H16N4O2. The number of amides is 2. The molecule has 0 aliphatic heterocycles. The predicted octanol–water partition coefficient (Wildman–Crippen LogP) is 0.261. The maximum absolute atomic E-state index is 11.9. The number of hydrogen-bond acceptors (Lipinski definition) is 3. The second-order valence-electron chi connectivity index (χ2n) is 3.55. The molecule has 0 aliphatic carbocycles. The van der Waals surface area contributed by atoms with Gasteiger partial charge in [-0.1, -0.05) is 0 Å². The molecule has 6 heteroatoms. The largest absolute Gasteiger partial charge is 0.347 e. The van der Waals surface area contributed by atoms with Crippen LogP contribution in [0.4, 0.5) is 4.79 Å². The van der Waals surface area contributed by atoms with Gasteiger partial charge in [-0.15, -0.1) is 0 Å². The van der Waals surface area contributed by atoms with Crippen LogP contribution in [0, 0.1) is 0 Å². The summed E-state index contributed by atoms with van der Waals surface area (Å²) in [6, 6.07) is -0.241. The van der Waals surface area contributed by atoms with Crippen molar-refractivity contribution in [2.75, 3.05) is 27.2 Å². The Balaban J connectivity index is 2.68. The first kappa shape index (κ1) is 12.2. The second-order valence-corrected chi connectivity index (χ2v) is 3.55. The number of carbonyl (C=O) groups excluding carboxylic acids is 2. The first-order valence-electron chi connectivity index (χ1n) is 5.03. The Hall–Kier alpha value is -1.85. The monoisotopic (exact) mass is 224 g/mol. The molecule has 0 bridgehead atoms. The van der Waals surface area contributed by atoms with Gasteiger partial charge in [0, 0.05) is 33.0 Å². The molecular weight excluding hydrogens is 208 g/mol. The summed E-state index contributed by atoms with van der Waals surface area (Å²) in [5, 5.41) is 0.